The Bertz CT molecular complexity index is 585. The summed E-state index contributed by atoms with van der Waals surface area (Å²) in [6, 6.07) is 6.34. The highest BCUT2D eigenvalue weighted by Crippen LogP contribution is 2.30. The van der Waals surface area contributed by atoms with Crippen LogP contribution in [-0.2, 0) is 4.74 Å². The zero-order valence-corrected chi connectivity index (χ0v) is 17.2. The van der Waals surface area contributed by atoms with Gasteiger partial charge in [0.05, 0.1) is 20.3 Å². The summed E-state index contributed by atoms with van der Waals surface area (Å²) in [7, 11) is 5.16. The molecule has 1 unspecified atom stereocenters. The van der Waals surface area contributed by atoms with Crippen molar-refractivity contribution in [3.63, 3.8) is 0 Å². The van der Waals surface area contributed by atoms with E-state index in [1.165, 1.54) is 0 Å². The Morgan fingerprint density at radius 2 is 1.93 bits per heavy atom. The van der Waals surface area contributed by atoms with E-state index in [4.69, 9.17) is 14.2 Å². The molecule has 7 nitrogen and oxygen atoms in total. The van der Waals surface area contributed by atoms with Crippen LogP contribution in [0.2, 0.25) is 0 Å². The van der Waals surface area contributed by atoms with Crippen LogP contribution in [0.1, 0.15) is 26.7 Å². The molecule has 1 aromatic carbocycles. The summed E-state index contributed by atoms with van der Waals surface area (Å²) in [6.45, 7) is 7.60. The minimum Gasteiger partial charge on any atom is -0.497 e. The van der Waals surface area contributed by atoms with Crippen molar-refractivity contribution in [2.75, 3.05) is 52.4 Å². The Balaban J connectivity index is 1.83. The van der Waals surface area contributed by atoms with Gasteiger partial charge in [-0.1, -0.05) is 0 Å². The molecule has 2 rings (SSSR count). The molecule has 1 saturated heterocycles. The average molecular weight is 379 g/mol. The van der Waals surface area contributed by atoms with Crippen LogP contribution >= 0.6 is 0 Å². The van der Waals surface area contributed by atoms with Crippen LogP contribution in [0.25, 0.3) is 0 Å². The number of hydrogen-bond donors (Lipinski definition) is 2. The predicted octanol–water partition coefficient (Wildman–Crippen LogP) is 2.26. The summed E-state index contributed by atoms with van der Waals surface area (Å²) in [5.41, 5.74) is 1.12. The first-order chi connectivity index (χ1) is 13.0. The number of rotatable bonds is 9. The van der Waals surface area contributed by atoms with Crippen molar-refractivity contribution in [2.45, 2.75) is 38.8 Å². The van der Waals surface area contributed by atoms with Gasteiger partial charge in [-0.3, -0.25) is 4.99 Å². The third-order valence-electron chi connectivity index (χ3n) is 4.52. The number of guanidine groups is 1. The van der Waals surface area contributed by atoms with E-state index in [1.807, 2.05) is 18.2 Å². The molecule has 0 saturated carbocycles. The van der Waals surface area contributed by atoms with E-state index in [-0.39, 0.29) is 6.10 Å². The zero-order chi connectivity index (χ0) is 19.6. The zero-order valence-electron chi connectivity index (χ0n) is 17.2. The number of ether oxygens (including phenoxy) is 3. The standard InChI is InChI=1S/C20H34N4O3/c1-15(2)27-10-6-8-22-20(21-3)23-16-7-9-24(14-16)17-11-18(25-4)13-19(12-17)26-5/h11-13,15-16H,6-10,14H2,1-5H3,(H2,21,22,23). The van der Waals surface area contributed by atoms with E-state index in [1.54, 1.807) is 21.3 Å². The molecule has 1 heterocycles. The maximum Gasteiger partial charge on any atom is 0.191 e. The maximum absolute atomic E-state index is 5.56. The van der Waals surface area contributed by atoms with Gasteiger partial charge in [0, 0.05) is 63.2 Å². The Kier molecular flexibility index (Phi) is 8.51. The first-order valence-electron chi connectivity index (χ1n) is 9.62. The number of hydrogen-bond acceptors (Lipinski definition) is 5. The van der Waals surface area contributed by atoms with Gasteiger partial charge in [-0.15, -0.1) is 0 Å². The highest BCUT2D eigenvalue weighted by Gasteiger charge is 2.24. The summed E-state index contributed by atoms with van der Waals surface area (Å²) in [6.07, 6.45) is 2.29. The summed E-state index contributed by atoms with van der Waals surface area (Å²) in [4.78, 5) is 6.67. The molecule has 7 heteroatoms. The van der Waals surface area contributed by atoms with Gasteiger partial charge >= 0.3 is 0 Å². The lowest BCUT2D eigenvalue weighted by Crippen LogP contribution is -2.45. The third kappa shape index (κ3) is 6.82. The Hall–Kier alpha value is -2.15. The molecule has 1 aliphatic rings. The number of aliphatic imine (C=N–C) groups is 1. The second kappa shape index (κ2) is 10.9. The second-order valence-electron chi connectivity index (χ2n) is 6.92. The number of anilines is 1. The lowest BCUT2D eigenvalue weighted by Gasteiger charge is -2.21. The molecular formula is C20H34N4O3. The van der Waals surface area contributed by atoms with E-state index in [0.29, 0.717) is 6.04 Å². The first-order valence-corrected chi connectivity index (χ1v) is 9.62. The van der Waals surface area contributed by atoms with Crippen LogP contribution in [0.5, 0.6) is 11.5 Å². The Morgan fingerprint density at radius 3 is 2.52 bits per heavy atom. The molecule has 0 aromatic heterocycles. The minimum atomic E-state index is 0.280. The molecule has 0 radical (unpaired) electrons. The molecular weight excluding hydrogens is 344 g/mol. The van der Waals surface area contributed by atoms with Crippen LogP contribution < -0.4 is 25.0 Å². The topological polar surface area (TPSA) is 67.4 Å². The second-order valence-corrected chi connectivity index (χ2v) is 6.92. The van der Waals surface area contributed by atoms with Crippen molar-refractivity contribution in [1.29, 1.82) is 0 Å². The predicted molar refractivity (Wildman–Crippen MR) is 110 cm³/mol. The number of nitrogens with one attached hydrogen (secondary N) is 2. The lowest BCUT2D eigenvalue weighted by molar-refractivity contribution is 0.0776. The van der Waals surface area contributed by atoms with Gasteiger partial charge in [-0.25, -0.2) is 0 Å². The fourth-order valence-electron chi connectivity index (χ4n) is 3.07. The monoisotopic (exact) mass is 378 g/mol. The van der Waals surface area contributed by atoms with Crippen LogP contribution in [0.3, 0.4) is 0 Å². The van der Waals surface area contributed by atoms with Crippen molar-refractivity contribution in [2.24, 2.45) is 4.99 Å². The highest BCUT2D eigenvalue weighted by atomic mass is 16.5. The van der Waals surface area contributed by atoms with E-state index >= 15 is 0 Å². The normalized spacial score (nSPS) is 17.3. The fourth-order valence-corrected chi connectivity index (χ4v) is 3.07. The van der Waals surface area contributed by atoms with Gasteiger partial charge in [0.25, 0.3) is 0 Å². The molecule has 0 aliphatic carbocycles. The fraction of sp³-hybridized carbons (Fsp3) is 0.650. The number of methoxy groups -OCH3 is 2. The van der Waals surface area contributed by atoms with E-state index in [2.05, 4.69) is 34.4 Å². The van der Waals surface area contributed by atoms with Gasteiger partial charge < -0.3 is 29.7 Å². The molecule has 2 N–H and O–H groups in total. The van der Waals surface area contributed by atoms with Crippen LogP contribution in [-0.4, -0.2) is 65.6 Å². The van der Waals surface area contributed by atoms with Gasteiger partial charge in [-0.2, -0.15) is 0 Å². The smallest absolute Gasteiger partial charge is 0.191 e. The van der Waals surface area contributed by atoms with Crippen LogP contribution in [0.4, 0.5) is 5.69 Å². The molecule has 0 bridgehead atoms. The molecule has 152 valence electrons. The molecule has 1 aliphatic heterocycles. The van der Waals surface area contributed by atoms with Crippen molar-refractivity contribution in [3.05, 3.63) is 18.2 Å². The third-order valence-corrected chi connectivity index (χ3v) is 4.52. The molecule has 1 aromatic rings. The van der Waals surface area contributed by atoms with Gasteiger partial charge in [0.15, 0.2) is 5.96 Å². The largest absolute Gasteiger partial charge is 0.497 e. The highest BCUT2D eigenvalue weighted by molar-refractivity contribution is 5.80. The molecule has 1 fully saturated rings. The van der Waals surface area contributed by atoms with E-state index in [0.717, 1.165) is 62.2 Å². The SMILES string of the molecule is CN=C(NCCCOC(C)C)NC1CCN(c2cc(OC)cc(OC)c2)C1. The summed E-state index contributed by atoms with van der Waals surface area (Å²) >= 11 is 0. The van der Waals surface area contributed by atoms with E-state index < -0.39 is 0 Å². The average Bonchev–Trinajstić information content (AvgIpc) is 3.14. The minimum absolute atomic E-state index is 0.280. The summed E-state index contributed by atoms with van der Waals surface area (Å²) in [5.74, 6) is 2.46. The first kappa shape index (κ1) is 21.2. The quantitative estimate of drug-likeness (QED) is 0.390. The summed E-state index contributed by atoms with van der Waals surface area (Å²) < 4.78 is 16.3. The Morgan fingerprint density at radius 1 is 1.22 bits per heavy atom. The maximum atomic E-state index is 5.56. The van der Waals surface area contributed by atoms with Gasteiger partial charge in [-0.05, 0) is 26.7 Å². The molecule has 0 amide bonds. The Labute approximate surface area is 163 Å². The van der Waals surface area contributed by atoms with Crippen molar-refractivity contribution >= 4 is 11.6 Å². The van der Waals surface area contributed by atoms with Gasteiger partial charge in [0.2, 0.25) is 0 Å². The van der Waals surface area contributed by atoms with Crippen molar-refractivity contribution < 1.29 is 14.2 Å². The van der Waals surface area contributed by atoms with Gasteiger partial charge in [0.1, 0.15) is 11.5 Å². The number of benzene rings is 1. The lowest BCUT2D eigenvalue weighted by atomic mass is 10.2. The molecule has 0 spiro atoms. The molecule has 1 atom stereocenters. The molecule has 27 heavy (non-hydrogen) atoms. The number of nitrogens with zero attached hydrogens (tertiary/aromatic N) is 2. The van der Waals surface area contributed by atoms with Crippen LogP contribution in [0, 0.1) is 0 Å². The van der Waals surface area contributed by atoms with Crippen molar-refractivity contribution in [1.82, 2.24) is 10.6 Å². The summed E-state index contributed by atoms with van der Waals surface area (Å²) in [5, 5.41) is 6.88. The van der Waals surface area contributed by atoms with E-state index in [9.17, 15) is 0 Å². The van der Waals surface area contributed by atoms with Crippen molar-refractivity contribution in [3.8, 4) is 11.5 Å². The van der Waals surface area contributed by atoms with Crippen LogP contribution in [0.15, 0.2) is 23.2 Å².